The average Bonchev–Trinajstić information content (AvgIpc) is 2.40. The second-order valence-electron chi connectivity index (χ2n) is 5.92. The summed E-state index contributed by atoms with van der Waals surface area (Å²) in [5, 5.41) is 3.29. The molecule has 5 nitrogen and oxygen atoms in total. The molecule has 0 saturated heterocycles. The van der Waals surface area contributed by atoms with Gasteiger partial charge in [-0.1, -0.05) is 26.7 Å². The zero-order chi connectivity index (χ0) is 15.0. The fraction of sp³-hybridized carbons (Fsp3) is 1.00. The average molecular weight is 305 g/mol. The topological polar surface area (TPSA) is 61.4 Å². The fourth-order valence-electron chi connectivity index (χ4n) is 2.62. The van der Waals surface area contributed by atoms with Crippen LogP contribution in [-0.2, 0) is 10.2 Å². The van der Waals surface area contributed by atoms with Gasteiger partial charge in [-0.15, -0.1) is 0 Å². The molecule has 1 saturated carbocycles. The minimum Gasteiger partial charge on any atom is -0.317 e. The first-order chi connectivity index (χ1) is 9.47. The van der Waals surface area contributed by atoms with Crippen molar-refractivity contribution in [3.8, 4) is 0 Å². The molecular formula is C14H31N3O2S. The van der Waals surface area contributed by atoms with Crippen molar-refractivity contribution in [3.05, 3.63) is 0 Å². The highest BCUT2D eigenvalue weighted by Gasteiger charge is 2.27. The second kappa shape index (κ2) is 8.97. The van der Waals surface area contributed by atoms with Gasteiger partial charge < -0.3 is 5.32 Å². The Labute approximate surface area is 124 Å². The Morgan fingerprint density at radius 2 is 1.90 bits per heavy atom. The van der Waals surface area contributed by atoms with Crippen LogP contribution in [0.2, 0.25) is 0 Å². The van der Waals surface area contributed by atoms with Crippen molar-refractivity contribution in [3.63, 3.8) is 0 Å². The van der Waals surface area contributed by atoms with Crippen molar-refractivity contribution in [1.82, 2.24) is 14.3 Å². The van der Waals surface area contributed by atoms with E-state index in [0.717, 1.165) is 45.2 Å². The summed E-state index contributed by atoms with van der Waals surface area (Å²) < 4.78 is 28.8. The molecule has 0 aliphatic heterocycles. The lowest BCUT2D eigenvalue weighted by Crippen LogP contribution is -2.47. The monoisotopic (exact) mass is 305 g/mol. The van der Waals surface area contributed by atoms with Crippen LogP contribution in [0, 0.1) is 5.92 Å². The molecule has 0 bridgehead atoms. The fourth-order valence-corrected chi connectivity index (χ4v) is 3.90. The quantitative estimate of drug-likeness (QED) is 0.638. The highest BCUT2D eigenvalue weighted by Crippen LogP contribution is 2.24. The Morgan fingerprint density at radius 3 is 2.55 bits per heavy atom. The molecule has 0 aromatic rings. The highest BCUT2D eigenvalue weighted by molar-refractivity contribution is 7.87. The predicted molar refractivity (Wildman–Crippen MR) is 83.9 cm³/mol. The summed E-state index contributed by atoms with van der Waals surface area (Å²) in [5.41, 5.74) is 0. The van der Waals surface area contributed by atoms with Crippen LogP contribution in [-0.4, -0.2) is 45.4 Å². The van der Waals surface area contributed by atoms with Crippen molar-refractivity contribution in [2.75, 3.05) is 26.7 Å². The molecule has 0 aromatic carbocycles. The van der Waals surface area contributed by atoms with E-state index in [4.69, 9.17) is 0 Å². The van der Waals surface area contributed by atoms with Crippen LogP contribution in [0.25, 0.3) is 0 Å². The SMILES string of the molecule is CCCNCCCN(C)S(=O)(=O)NC1CCCCC1C. The van der Waals surface area contributed by atoms with E-state index >= 15 is 0 Å². The summed E-state index contributed by atoms with van der Waals surface area (Å²) in [6.45, 7) is 6.69. The molecule has 0 radical (unpaired) electrons. The van der Waals surface area contributed by atoms with Gasteiger partial charge in [0.05, 0.1) is 0 Å². The number of nitrogens with one attached hydrogen (secondary N) is 2. The van der Waals surface area contributed by atoms with Gasteiger partial charge in [-0.25, -0.2) is 0 Å². The maximum Gasteiger partial charge on any atom is 0.279 e. The van der Waals surface area contributed by atoms with Gasteiger partial charge in [0.1, 0.15) is 0 Å². The molecule has 2 atom stereocenters. The van der Waals surface area contributed by atoms with Crippen molar-refractivity contribution in [1.29, 1.82) is 0 Å². The summed E-state index contributed by atoms with van der Waals surface area (Å²) in [7, 11) is -1.67. The maximum absolute atomic E-state index is 12.3. The van der Waals surface area contributed by atoms with Gasteiger partial charge in [-0.3, -0.25) is 0 Å². The smallest absolute Gasteiger partial charge is 0.279 e. The van der Waals surface area contributed by atoms with E-state index in [1.807, 2.05) is 0 Å². The van der Waals surface area contributed by atoms with Gasteiger partial charge >= 0.3 is 0 Å². The zero-order valence-corrected chi connectivity index (χ0v) is 14.0. The molecule has 1 aliphatic carbocycles. The first-order valence-electron chi connectivity index (χ1n) is 7.91. The summed E-state index contributed by atoms with van der Waals surface area (Å²) in [6.07, 6.45) is 6.39. The molecule has 0 amide bonds. The molecule has 1 rings (SSSR count). The third-order valence-electron chi connectivity index (χ3n) is 4.08. The van der Waals surface area contributed by atoms with Gasteiger partial charge in [-0.2, -0.15) is 17.4 Å². The Morgan fingerprint density at radius 1 is 1.20 bits per heavy atom. The van der Waals surface area contributed by atoms with Crippen molar-refractivity contribution >= 4 is 10.2 Å². The van der Waals surface area contributed by atoms with Crippen LogP contribution >= 0.6 is 0 Å². The van der Waals surface area contributed by atoms with E-state index in [0.29, 0.717) is 12.5 Å². The molecule has 120 valence electrons. The number of rotatable bonds is 9. The second-order valence-corrected chi connectivity index (χ2v) is 7.73. The Hall–Kier alpha value is -0.170. The Bertz CT molecular complexity index is 359. The van der Waals surface area contributed by atoms with Crippen LogP contribution < -0.4 is 10.0 Å². The van der Waals surface area contributed by atoms with Gasteiger partial charge in [-0.05, 0) is 44.7 Å². The van der Waals surface area contributed by atoms with Crippen LogP contribution in [0.15, 0.2) is 0 Å². The van der Waals surface area contributed by atoms with Crippen LogP contribution in [0.4, 0.5) is 0 Å². The molecule has 0 aromatic heterocycles. The van der Waals surface area contributed by atoms with E-state index in [9.17, 15) is 8.42 Å². The Balaban J connectivity index is 2.34. The zero-order valence-electron chi connectivity index (χ0n) is 13.2. The lowest BCUT2D eigenvalue weighted by atomic mass is 9.87. The van der Waals surface area contributed by atoms with Gasteiger partial charge in [0.25, 0.3) is 10.2 Å². The first-order valence-corrected chi connectivity index (χ1v) is 9.35. The third-order valence-corrected chi connectivity index (χ3v) is 5.68. The van der Waals surface area contributed by atoms with Gasteiger partial charge in [0.15, 0.2) is 0 Å². The van der Waals surface area contributed by atoms with Crippen molar-refractivity contribution < 1.29 is 8.42 Å². The lowest BCUT2D eigenvalue weighted by molar-refractivity contribution is 0.304. The molecule has 2 N–H and O–H groups in total. The van der Waals surface area contributed by atoms with Crippen LogP contribution in [0.3, 0.4) is 0 Å². The molecule has 0 heterocycles. The third kappa shape index (κ3) is 6.08. The van der Waals surface area contributed by atoms with Crippen molar-refractivity contribution in [2.45, 2.75) is 58.4 Å². The van der Waals surface area contributed by atoms with Gasteiger partial charge in [0, 0.05) is 19.6 Å². The summed E-state index contributed by atoms with van der Waals surface area (Å²) in [5.74, 6) is 0.443. The van der Waals surface area contributed by atoms with Crippen LogP contribution in [0.1, 0.15) is 52.4 Å². The van der Waals surface area contributed by atoms with E-state index in [2.05, 4.69) is 23.9 Å². The highest BCUT2D eigenvalue weighted by atomic mass is 32.2. The van der Waals surface area contributed by atoms with Crippen molar-refractivity contribution in [2.24, 2.45) is 5.92 Å². The van der Waals surface area contributed by atoms with E-state index in [1.165, 1.54) is 10.7 Å². The van der Waals surface area contributed by atoms with E-state index in [-0.39, 0.29) is 6.04 Å². The van der Waals surface area contributed by atoms with Crippen LogP contribution in [0.5, 0.6) is 0 Å². The maximum atomic E-state index is 12.3. The number of hydrogen-bond acceptors (Lipinski definition) is 3. The normalized spacial score (nSPS) is 24.2. The molecule has 2 unspecified atom stereocenters. The predicted octanol–water partition coefficient (Wildman–Crippen LogP) is 1.72. The molecular weight excluding hydrogens is 274 g/mol. The molecule has 1 fully saturated rings. The number of nitrogens with zero attached hydrogens (tertiary/aromatic N) is 1. The first kappa shape index (κ1) is 17.9. The minimum absolute atomic E-state index is 0.106. The lowest BCUT2D eigenvalue weighted by Gasteiger charge is -2.31. The number of hydrogen-bond donors (Lipinski definition) is 2. The largest absolute Gasteiger partial charge is 0.317 e. The summed E-state index contributed by atoms with van der Waals surface area (Å²) >= 11 is 0. The van der Waals surface area contributed by atoms with Gasteiger partial charge in [0.2, 0.25) is 0 Å². The summed E-state index contributed by atoms with van der Waals surface area (Å²) in [4.78, 5) is 0. The minimum atomic E-state index is -3.33. The Kier molecular flexibility index (Phi) is 8.02. The molecule has 1 aliphatic rings. The van der Waals surface area contributed by atoms with E-state index in [1.54, 1.807) is 7.05 Å². The molecule has 6 heteroatoms. The summed E-state index contributed by atoms with van der Waals surface area (Å²) in [6, 6.07) is 0.106. The molecule has 0 spiro atoms. The van der Waals surface area contributed by atoms with E-state index < -0.39 is 10.2 Å². The standard InChI is InChI=1S/C14H31N3O2S/c1-4-10-15-11-7-12-17(3)20(18,19)16-14-9-6-5-8-13(14)2/h13-16H,4-12H2,1-3H3. The molecule has 20 heavy (non-hydrogen) atoms.